The third-order valence-electron chi connectivity index (χ3n) is 4.30. The van der Waals surface area contributed by atoms with E-state index >= 15 is 0 Å². The molecule has 0 spiro atoms. The second kappa shape index (κ2) is 7.20. The molecule has 2 rings (SSSR count). The minimum Gasteiger partial charge on any atom is -0.383 e. The van der Waals surface area contributed by atoms with Gasteiger partial charge in [-0.1, -0.05) is 18.2 Å². The van der Waals surface area contributed by atoms with Crippen LogP contribution in [0, 0.1) is 0 Å². The summed E-state index contributed by atoms with van der Waals surface area (Å²) in [5.74, 6) is 1.26. The molecule has 1 aromatic carbocycles. The Hall–Kier alpha value is -0.670. The molecule has 0 fully saturated rings. The van der Waals surface area contributed by atoms with Crippen molar-refractivity contribution in [1.29, 1.82) is 0 Å². The van der Waals surface area contributed by atoms with Gasteiger partial charge in [0.25, 0.3) is 0 Å². The van der Waals surface area contributed by atoms with E-state index in [0.717, 1.165) is 6.54 Å². The highest BCUT2D eigenvalue weighted by molar-refractivity contribution is 7.98. The molecule has 2 atom stereocenters. The Labute approximate surface area is 122 Å². The molecule has 1 N–H and O–H groups in total. The van der Waals surface area contributed by atoms with Crippen LogP contribution in [0.5, 0.6) is 0 Å². The van der Waals surface area contributed by atoms with Crippen molar-refractivity contribution in [2.45, 2.75) is 38.3 Å². The average molecular weight is 278 g/mol. The number of likely N-dealkylation sites (N-methyl/N-ethyl adjacent to an activating group) is 1. The quantitative estimate of drug-likeness (QED) is 0.887. The fourth-order valence-electron chi connectivity index (χ4n) is 2.76. The summed E-state index contributed by atoms with van der Waals surface area (Å²) in [6.07, 6.45) is 5.91. The molecule has 0 amide bonds. The van der Waals surface area contributed by atoms with Gasteiger partial charge in [-0.25, -0.2) is 0 Å². The number of hydrogen-bond acceptors (Lipinski definition) is 3. The first-order valence-corrected chi connectivity index (χ1v) is 8.64. The third-order valence-corrected chi connectivity index (χ3v) is 4.95. The van der Waals surface area contributed by atoms with E-state index in [4.69, 9.17) is 0 Å². The van der Waals surface area contributed by atoms with E-state index in [-0.39, 0.29) is 0 Å². The van der Waals surface area contributed by atoms with Gasteiger partial charge in [0.05, 0.1) is 0 Å². The minimum absolute atomic E-state index is 0.643. The monoisotopic (exact) mass is 278 g/mol. The average Bonchev–Trinajstić information content (AvgIpc) is 2.66. The van der Waals surface area contributed by atoms with E-state index in [1.807, 2.05) is 11.8 Å². The summed E-state index contributed by atoms with van der Waals surface area (Å²) in [4.78, 5) is 2.56. The number of hydrogen-bond donors (Lipinski definition) is 1. The normalized spacial score (nSPS) is 20.5. The van der Waals surface area contributed by atoms with Crippen LogP contribution in [0.1, 0.15) is 25.3 Å². The smallest absolute Gasteiger partial charge is 0.0373 e. The van der Waals surface area contributed by atoms with Gasteiger partial charge >= 0.3 is 0 Å². The van der Waals surface area contributed by atoms with Crippen molar-refractivity contribution in [2.75, 3.05) is 30.9 Å². The molecule has 19 heavy (non-hydrogen) atoms. The molecule has 0 radical (unpaired) electrons. The summed E-state index contributed by atoms with van der Waals surface area (Å²) < 4.78 is 0. The molecular formula is C16H26N2S. The SMILES string of the molecule is CSCCC(C)N(C)C1CCc2ccccc2NC1. The van der Waals surface area contributed by atoms with Crippen molar-refractivity contribution in [2.24, 2.45) is 0 Å². The van der Waals surface area contributed by atoms with Crippen LogP contribution in [0.3, 0.4) is 0 Å². The van der Waals surface area contributed by atoms with Crippen LogP contribution < -0.4 is 5.32 Å². The van der Waals surface area contributed by atoms with Crippen LogP contribution in [-0.2, 0) is 6.42 Å². The largest absolute Gasteiger partial charge is 0.383 e. The molecule has 2 nitrogen and oxygen atoms in total. The molecule has 1 aliphatic rings. The lowest BCUT2D eigenvalue weighted by Crippen LogP contribution is -2.42. The highest BCUT2D eigenvalue weighted by Gasteiger charge is 2.22. The fraction of sp³-hybridized carbons (Fsp3) is 0.625. The standard InChI is InChI=1S/C16H26N2S/c1-13(10-11-19-3)18(2)15-9-8-14-6-4-5-7-16(14)17-12-15/h4-7,13,15,17H,8-12H2,1-3H3. The zero-order chi connectivity index (χ0) is 13.7. The first kappa shape index (κ1) is 14.7. The summed E-state index contributed by atoms with van der Waals surface area (Å²) in [6, 6.07) is 10.0. The molecule has 0 aliphatic carbocycles. The van der Waals surface area contributed by atoms with Crippen molar-refractivity contribution in [3.05, 3.63) is 29.8 Å². The summed E-state index contributed by atoms with van der Waals surface area (Å²) in [6.45, 7) is 3.42. The van der Waals surface area contributed by atoms with E-state index in [0.29, 0.717) is 12.1 Å². The topological polar surface area (TPSA) is 15.3 Å². The van der Waals surface area contributed by atoms with Crippen molar-refractivity contribution in [3.63, 3.8) is 0 Å². The van der Waals surface area contributed by atoms with Gasteiger partial charge in [0.1, 0.15) is 0 Å². The first-order valence-electron chi connectivity index (χ1n) is 7.25. The van der Waals surface area contributed by atoms with Gasteiger partial charge in [0.15, 0.2) is 0 Å². The lowest BCUT2D eigenvalue weighted by atomic mass is 10.0. The van der Waals surface area contributed by atoms with Crippen LogP contribution in [-0.4, -0.2) is 42.6 Å². The number of benzene rings is 1. The maximum atomic E-state index is 3.62. The summed E-state index contributed by atoms with van der Waals surface area (Å²) in [7, 11) is 2.29. The van der Waals surface area contributed by atoms with E-state index < -0.39 is 0 Å². The minimum atomic E-state index is 0.643. The molecule has 3 heteroatoms. The number of rotatable bonds is 5. The van der Waals surface area contributed by atoms with Gasteiger partial charge in [0, 0.05) is 24.3 Å². The predicted molar refractivity (Wildman–Crippen MR) is 87.3 cm³/mol. The lowest BCUT2D eigenvalue weighted by molar-refractivity contribution is 0.181. The second-order valence-corrected chi connectivity index (χ2v) is 6.51. The van der Waals surface area contributed by atoms with Crippen LogP contribution in [0.2, 0.25) is 0 Å². The van der Waals surface area contributed by atoms with Crippen molar-refractivity contribution in [3.8, 4) is 0 Å². The van der Waals surface area contributed by atoms with Crippen molar-refractivity contribution < 1.29 is 0 Å². The molecule has 1 aliphatic heterocycles. The highest BCUT2D eigenvalue weighted by atomic mass is 32.2. The van der Waals surface area contributed by atoms with E-state index in [1.165, 1.54) is 36.3 Å². The molecule has 0 saturated heterocycles. The Morgan fingerprint density at radius 2 is 2.21 bits per heavy atom. The Bertz CT molecular complexity index is 367. The number of anilines is 1. The number of nitrogens with zero attached hydrogens (tertiary/aromatic N) is 1. The number of thioether (sulfide) groups is 1. The highest BCUT2D eigenvalue weighted by Crippen LogP contribution is 2.23. The zero-order valence-electron chi connectivity index (χ0n) is 12.4. The van der Waals surface area contributed by atoms with E-state index in [2.05, 4.69) is 54.7 Å². The predicted octanol–water partition coefficient (Wildman–Crippen LogP) is 3.49. The van der Waals surface area contributed by atoms with E-state index in [1.54, 1.807) is 0 Å². The van der Waals surface area contributed by atoms with Crippen LogP contribution in [0.4, 0.5) is 5.69 Å². The van der Waals surface area contributed by atoms with Crippen LogP contribution >= 0.6 is 11.8 Å². The number of nitrogens with one attached hydrogen (secondary N) is 1. The lowest BCUT2D eigenvalue weighted by Gasteiger charge is -2.32. The Kier molecular flexibility index (Phi) is 5.59. The van der Waals surface area contributed by atoms with E-state index in [9.17, 15) is 0 Å². The molecule has 0 bridgehead atoms. The van der Waals surface area contributed by atoms with Crippen LogP contribution in [0.25, 0.3) is 0 Å². The number of aryl methyl sites for hydroxylation is 1. The molecule has 1 heterocycles. The molecule has 0 aromatic heterocycles. The van der Waals surface area contributed by atoms with Gasteiger partial charge in [-0.15, -0.1) is 0 Å². The number of fused-ring (bicyclic) bond motifs is 1. The number of para-hydroxylation sites is 1. The maximum Gasteiger partial charge on any atom is 0.0373 e. The van der Waals surface area contributed by atoms with Gasteiger partial charge in [0.2, 0.25) is 0 Å². The second-order valence-electron chi connectivity index (χ2n) is 5.53. The van der Waals surface area contributed by atoms with Crippen LogP contribution in [0.15, 0.2) is 24.3 Å². The molecule has 106 valence electrons. The fourth-order valence-corrected chi connectivity index (χ4v) is 3.34. The Morgan fingerprint density at radius 1 is 1.42 bits per heavy atom. The summed E-state index contributed by atoms with van der Waals surface area (Å²) in [5.41, 5.74) is 2.80. The molecule has 2 unspecified atom stereocenters. The Morgan fingerprint density at radius 3 is 3.00 bits per heavy atom. The third kappa shape index (κ3) is 3.90. The van der Waals surface area contributed by atoms with Gasteiger partial charge in [-0.05, 0) is 56.9 Å². The molecule has 0 saturated carbocycles. The first-order chi connectivity index (χ1) is 9.22. The molecular weight excluding hydrogens is 252 g/mol. The van der Waals surface area contributed by atoms with Gasteiger partial charge in [-0.2, -0.15) is 11.8 Å². The van der Waals surface area contributed by atoms with Gasteiger partial charge in [-0.3, -0.25) is 4.90 Å². The van der Waals surface area contributed by atoms with Crippen molar-refractivity contribution in [1.82, 2.24) is 4.90 Å². The zero-order valence-corrected chi connectivity index (χ0v) is 13.2. The van der Waals surface area contributed by atoms with Gasteiger partial charge < -0.3 is 5.32 Å². The Balaban J connectivity index is 1.93. The molecule has 1 aromatic rings. The maximum absolute atomic E-state index is 3.62. The van der Waals surface area contributed by atoms with Crippen molar-refractivity contribution >= 4 is 17.4 Å². The summed E-state index contributed by atoms with van der Waals surface area (Å²) >= 11 is 1.95. The summed E-state index contributed by atoms with van der Waals surface area (Å²) in [5, 5.41) is 3.62.